The number of hydrogen-bond acceptors (Lipinski definition) is 3. The maximum atomic E-state index is 13.7. The second kappa shape index (κ2) is 10.4. The molecule has 1 unspecified atom stereocenters. The molecule has 1 heterocycles. The molecular weight excluding hydrogens is 431 g/mol. The number of likely N-dealkylation sites (tertiary alicyclic amines) is 1. The Balaban J connectivity index is 1.36. The van der Waals surface area contributed by atoms with Crippen LogP contribution in [0.5, 0.6) is 5.75 Å². The Labute approximate surface area is 202 Å². The molecule has 1 aliphatic carbocycles. The summed E-state index contributed by atoms with van der Waals surface area (Å²) >= 11 is 0. The summed E-state index contributed by atoms with van der Waals surface area (Å²) in [5.41, 5.74) is -0.707. The fourth-order valence-electron chi connectivity index (χ4n) is 5.69. The van der Waals surface area contributed by atoms with E-state index in [1.807, 2.05) is 35.2 Å². The zero-order chi connectivity index (χ0) is 24.2. The van der Waals surface area contributed by atoms with Crippen molar-refractivity contribution in [3.05, 3.63) is 66.0 Å². The van der Waals surface area contributed by atoms with Gasteiger partial charge in [-0.1, -0.05) is 43.2 Å². The average molecular weight is 470 g/mol. The van der Waals surface area contributed by atoms with Crippen molar-refractivity contribution >= 4 is 5.91 Å². The second-order valence-electron chi connectivity index (χ2n) is 10.4. The minimum absolute atomic E-state index is 0.0176. The molecule has 1 aliphatic heterocycles. The Morgan fingerprint density at radius 1 is 1.03 bits per heavy atom. The molecule has 0 aromatic heterocycles. The minimum atomic E-state index is -1.43. The molecule has 6 heteroatoms. The molecule has 4 rings (SSSR count). The van der Waals surface area contributed by atoms with Crippen molar-refractivity contribution in [3.63, 3.8) is 0 Å². The predicted molar refractivity (Wildman–Crippen MR) is 131 cm³/mol. The molecule has 1 N–H and O–H groups in total. The maximum absolute atomic E-state index is 13.7. The number of halogens is 1. The zero-order valence-electron chi connectivity index (χ0n) is 20.5. The maximum Gasteiger partial charge on any atom is 0.259 e. The number of aliphatic hydroxyl groups is 1. The number of nitrogens with zero attached hydrogens (tertiary/aromatic N) is 2. The third-order valence-electron chi connectivity index (χ3n) is 7.98. The van der Waals surface area contributed by atoms with Crippen LogP contribution in [0.25, 0.3) is 0 Å². The van der Waals surface area contributed by atoms with E-state index in [2.05, 4.69) is 14.1 Å². The molecule has 0 bridgehead atoms. The summed E-state index contributed by atoms with van der Waals surface area (Å²) in [6.45, 7) is 2.69. The van der Waals surface area contributed by atoms with Crippen LogP contribution in [-0.4, -0.2) is 66.8 Å². The molecule has 0 radical (unpaired) electrons. The van der Waals surface area contributed by atoms with Crippen LogP contribution >= 0.6 is 0 Å². The highest BCUT2D eigenvalue weighted by Gasteiger charge is 2.49. The molecule has 1 amide bonds. The Bertz CT molecular complexity index is 936. The first kappa shape index (κ1) is 24.7. The van der Waals surface area contributed by atoms with Crippen LogP contribution in [0.15, 0.2) is 54.6 Å². The Hall–Kier alpha value is -2.44. The summed E-state index contributed by atoms with van der Waals surface area (Å²) in [6, 6.07) is 16.1. The van der Waals surface area contributed by atoms with E-state index in [4.69, 9.17) is 4.74 Å². The number of amides is 1. The van der Waals surface area contributed by atoms with E-state index in [0.29, 0.717) is 31.5 Å². The summed E-state index contributed by atoms with van der Waals surface area (Å²) in [7, 11) is 4.41. The Morgan fingerprint density at radius 3 is 2.26 bits per heavy atom. The van der Waals surface area contributed by atoms with Gasteiger partial charge in [-0.2, -0.15) is 0 Å². The van der Waals surface area contributed by atoms with Gasteiger partial charge in [0.2, 0.25) is 0 Å². The number of benzene rings is 2. The van der Waals surface area contributed by atoms with Gasteiger partial charge in [0.15, 0.2) is 5.60 Å². The predicted octanol–water partition coefficient (Wildman–Crippen LogP) is 4.35. The van der Waals surface area contributed by atoms with Gasteiger partial charge in [-0.25, -0.2) is 4.39 Å². The van der Waals surface area contributed by atoms with Gasteiger partial charge < -0.3 is 19.2 Å². The van der Waals surface area contributed by atoms with E-state index in [-0.39, 0.29) is 17.6 Å². The van der Waals surface area contributed by atoms with Crippen LogP contribution in [0.4, 0.5) is 4.39 Å². The quantitative estimate of drug-likeness (QED) is 0.585. The van der Waals surface area contributed by atoms with E-state index in [1.165, 1.54) is 12.1 Å². The van der Waals surface area contributed by atoms with E-state index in [1.54, 1.807) is 12.1 Å². The molecule has 1 saturated heterocycles. The molecular formula is C28H38FN2O3+. The molecule has 5 nitrogen and oxygen atoms in total. The number of carbonyl (C=O) groups excluding carboxylic acids is 1. The number of likely N-dealkylation sites (N-methyl/N-ethyl adjacent to an activating group) is 1. The highest BCUT2D eigenvalue weighted by atomic mass is 19.1. The van der Waals surface area contributed by atoms with Gasteiger partial charge >= 0.3 is 0 Å². The number of piperidine rings is 1. The lowest BCUT2D eigenvalue weighted by atomic mass is 9.78. The van der Waals surface area contributed by atoms with Gasteiger partial charge in [0.25, 0.3) is 5.91 Å². The molecule has 2 aromatic rings. The van der Waals surface area contributed by atoms with Crippen LogP contribution in [-0.2, 0) is 10.4 Å². The topological polar surface area (TPSA) is 49.8 Å². The van der Waals surface area contributed by atoms with Crippen LogP contribution in [0.1, 0.15) is 44.1 Å². The summed E-state index contributed by atoms with van der Waals surface area (Å²) < 4.78 is 19.7. The first-order valence-corrected chi connectivity index (χ1v) is 12.6. The zero-order valence-corrected chi connectivity index (χ0v) is 20.5. The van der Waals surface area contributed by atoms with Gasteiger partial charge in [-0.05, 0) is 42.7 Å². The summed E-state index contributed by atoms with van der Waals surface area (Å²) in [4.78, 5) is 15.6. The van der Waals surface area contributed by atoms with Crippen molar-refractivity contribution in [1.29, 1.82) is 0 Å². The van der Waals surface area contributed by atoms with E-state index < -0.39 is 5.60 Å². The van der Waals surface area contributed by atoms with Gasteiger partial charge in [-0.3, -0.25) is 4.79 Å². The Morgan fingerprint density at radius 2 is 1.65 bits per heavy atom. The van der Waals surface area contributed by atoms with Crippen LogP contribution in [0.2, 0.25) is 0 Å². The average Bonchev–Trinajstić information content (AvgIpc) is 3.40. The highest BCUT2D eigenvalue weighted by Crippen LogP contribution is 2.42. The fraction of sp³-hybridized carbons (Fsp3) is 0.536. The number of carbonyl (C=O) groups is 1. The molecule has 1 atom stereocenters. The molecule has 2 fully saturated rings. The third kappa shape index (κ3) is 5.28. The summed E-state index contributed by atoms with van der Waals surface area (Å²) in [6.07, 6.45) is 5.72. The first-order chi connectivity index (χ1) is 16.3. The van der Waals surface area contributed by atoms with Gasteiger partial charge in [-0.15, -0.1) is 0 Å². The number of ether oxygens (including phenoxy) is 1. The molecule has 0 spiro atoms. The molecule has 2 aromatic carbocycles. The lowest BCUT2D eigenvalue weighted by Gasteiger charge is -2.45. The van der Waals surface area contributed by atoms with Crippen molar-refractivity contribution < 1.29 is 23.5 Å². The first-order valence-electron chi connectivity index (χ1n) is 12.6. The standard InChI is InChI=1S/C28H38FN2O3/c1-31(2,20-21-34-26-14-12-24(29)13-15-26)25-16-18-30(19-17-25)27(32)28(33,23-10-6-7-11-23)22-8-4-3-5-9-22/h3-5,8-9,12-15,23,25,33H,6-7,10-11,16-21H2,1-2H3/q+1. The normalized spacial score (nSPS) is 19.7. The smallest absolute Gasteiger partial charge is 0.259 e. The molecule has 2 aliphatic rings. The van der Waals surface area contributed by atoms with Crippen LogP contribution in [0.3, 0.4) is 0 Å². The minimum Gasteiger partial charge on any atom is -0.488 e. The van der Waals surface area contributed by atoms with Gasteiger partial charge in [0.1, 0.15) is 24.7 Å². The van der Waals surface area contributed by atoms with Crippen molar-refractivity contribution in [1.82, 2.24) is 4.90 Å². The van der Waals surface area contributed by atoms with Gasteiger partial charge in [0.05, 0.1) is 20.1 Å². The van der Waals surface area contributed by atoms with Crippen molar-refractivity contribution in [2.24, 2.45) is 5.92 Å². The van der Waals surface area contributed by atoms with Crippen LogP contribution < -0.4 is 4.74 Å². The molecule has 1 saturated carbocycles. The van der Waals surface area contributed by atoms with Crippen LogP contribution in [0, 0.1) is 11.7 Å². The van der Waals surface area contributed by atoms with E-state index in [0.717, 1.165) is 55.1 Å². The lowest BCUT2D eigenvalue weighted by Crippen LogP contribution is -2.58. The number of rotatable bonds is 8. The number of hydrogen-bond donors (Lipinski definition) is 1. The van der Waals surface area contributed by atoms with E-state index in [9.17, 15) is 14.3 Å². The van der Waals surface area contributed by atoms with Crippen molar-refractivity contribution in [2.75, 3.05) is 40.3 Å². The number of quaternary nitrogens is 1. The summed E-state index contributed by atoms with van der Waals surface area (Å²) in [5, 5.41) is 11.8. The third-order valence-corrected chi connectivity index (χ3v) is 7.98. The fourth-order valence-corrected chi connectivity index (χ4v) is 5.69. The SMILES string of the molecule is C[N+](C)(CCOc1ccc(F)cc1)C1CCN(C(=O)C(O)(c2ccccc2)C2CCCC2)CC1. The molecule has 34 heavy (non-hydrogen) atoms. The highest BCUT2D eigenvalue weighted by molar-refractivity contribution is 5.87. The van der Waals surface area contributed by atoms with Crippen molar-refractivity contribution in [3.8, 4) is 5.75 Å². The lowest BCUT2D eigenvalue weighted by molar-refractivity contribution is -0.916. The molecule has 184 valence electrons. The second-order valence-corrected chi connectivity index (χ2v) is 10.4. The van der Waals surface area contributed by atoms with Gasteiger partial charge in [0, 0.05) is 31.8 Å². The largest absolute Gasteiger partial charge is 0.488 e. The Kier molecular flexibility index (Phi) is 7.58. The van der Waals surface area contributed by atoms with E-state index >= 15 is 0 Å². The van der Waals surface area contributed by atoms with Crippen molar-refractivity contribution in [2.45, 2.75) is 50.2 Å². The summed E-state index contributed by atoms with van der Waals surface area (Å²) in [5.74, 6) is 0.260. The monoisotopic (exact) mass is 469 g/mol.